The molecule has 7 nitrogen and oxygen atoms in total. The highest BCUT2D eigenvalue weighted by Crippen LogP contribution is 2.20. The fraction of sp³-hybridized carbons (Fsp3) is 0.318. The number of aryl methyl sites for hydroxylation is 1. The molecule has 1 fully saturated rings. The summed E-state index contributed by atoms with van der Waals surface area (Å²) in [6.45, 7) is 6.46. The van der Waals surface area contributed by atoms with Crippen LogP contribution in [-0.2, 0) is 16.1 Å². The molecule has 3 aromatic rings. The highest BCUT2D eigenvalue weighted by Gasteiger charge is 2.12. The Balaban J connectivity index is 1.29. The molecule has 1 N–H and O–H groups in total. The third-order valence-electron chi connectivity index (χ3n) is 4.91. The lowest BCUT2D eigenvalue weighted by Gasteiger charge is -2.26. The molecule has 1 amide bonds. The van der Waals surface area contributed by atoms with E-state index in [1.54, 1.807) is 6.33 Å². The van der Waals surface area contributed by atoms with Gasteiger partial charge in [-0.25, -0.2) is 0 Å². The van der Waals surface area contributed by atoms with Crippen LogP contribution < -0.4 is 5.32 Å². The number of nitrogens with zero attached hydrogens (tertiary/aromatic N) is 4. The van der Waals surface area contributed by atoms with Gasteiger partial charge < -0.3 is 10.1 Å². The number of aromatic nitrogens is 3. The van der Waals surface area contributed by atoms with Crippen molar-refractivity contribution < 1.29 is 9.53 Å². The van der Waals surface area contributed by atoms with Crippen LogP contribution in [0.1, 0.15) is 11.1 Å². The van der Waals surface area contributed by atoms with Gasteiger partial charge in [0.15, 0.2) is 5.16 Å². The predicted molar refractivity (Wildman–Crippen MR) is 118 cm³/mol. The Hall–Kier alpha value is -2.68. The zero-order valence-electron chi connectivity index (χ0n) is 17.0. The lowest BCUT2D eigenvalue weighted by atomic mass is 10.2. The Kier molecular flexibility index (Phi) is 6.78. The van der Waals surface area contributed by atoms with Crippen LogP contribution in [0.3, 0.4) is 0 Å². The molecule has 30 heavy (non-hydrogen) atoms. The van der Waals surface area contributed by atoms with E-state index in [0.29, 0.717) is 5.16 Å². The molecule has 2 heterocycles. The van der Waals surface area contributed by atoms with Crippen LogP contribution in [0.5, 0.6) is 0 Å². The highest BCUT2D eigenvalue weighted by atomic mass is 32.2. The molecular formula is C22H25N5O2S. The van der Waals surface area contributed by atoms with E-state index in [9.17, 15) is 4.79 Å². The van der Waals surface area contributed by atoms with Crippen molar-refractivity contribution in [3.63, 3.8) is 0 Å². The quantitative estimate of drug-likeness (QED) is 0.589. The number of benzene rings is 2. The summed E-state index contributed by atoms with van der Waals surface area (Å²) in [5, 5.41) is 11.8. The van der Waals surface area contributed by atoms with Crippen molar-refractivity contribution in [2.75, 3.05) is 37.4 Å². The van der Waals surface area contributed by atoms with Crippen molar-refractivity contribution >= 4 is 23.4 Å². The summed E-state index contributed by atoms with van der Waals surface area (Å²) >= 11 is 1.37. The molecule has 4 rings (SSSR count). The molecule has 0 atom stereocenters. The Labute approximate surface area is 180 Å². The summed E-state index contributed by atoms with van der Waals surface area (Å²) < 4.78 is 7.27. The maximum Gasteiger partial charge on any atom is 0.234 e. The first-order chi connectivity index (χ1) is 14.7. The van der Waals surface area contributed by atoms with Crippen molar-refractivity contribution in [1.29, 1.82) is 0 Å². The van der Waals surface area contributed by atoms with E-state index in [0.717, 1.165) is 44.2 Å². The molecule has 0 unspecified atom stereocenters. The van der Waals surface area contributed by atoms with Gasteiger partial charge in [-0.3, -0.25) is 14.3 Å². The van der Waals surface area contributed by atoms with Crippen LogP contribution in [-0.4, -0.2) is 57.6 Å². The smallest absolute Gasteiger partial charge is 0.234 e. The summed E-state index contributed by atoms with van der Waals surface area (Å²) in [5.41, 5.74) is 4.20. The number of hydrogen-bond acceptors (Lipinski definition) is 6. The van der Waals surface area contributed by atoms with E-state index in [-0.39, 0.29) is 11.7 Å². The maximum absolute atomic E-state index is 12.4. The Morgan fingerprint density at radius 3 is 2.57 bits per heavy atom. The predicted octanol–water partition coefficient (Wildman–Crippen LogP) is 3.14. The molecule has 1 aliphatic rings. The molecular weight excluding hydrogens is 398 g/mol. The molecule has 0 aliphatic carbocycles. The third kappa shape index (κ3) is 5.47. The van der Waals surface area contributed by atoms with Crippen molar-refractivity contribution in [1.82, 2.24) is 19.7 Å². The van der Waals surface area contributed by atoms with Crippen molar-refractivity contribution in [3.8, 4) is 5.69 Å². The van der Waals surface area contributed by atoms with Crippen LogP contribution >= 0.6 is 11.8 Å². The first-order valence-electron chi connectivity index (χ1n) is 9.96. The van der Waals surface area contributed by atoms with E-state index in [1.165, 1.54) is 22.9 Å². The minimum atomic E-state index is -0.0700. The molecule has 156 valence electrons. The zero-order valence-corrected chi connectivity index (χ0v) is 17.8. The van der Waals surface area contributed by atoms with Crippen LogP contribution in [0.25, 0.3) is 5.69 Å². The Morgan fingerprint density at radius 1 is 1.10 bits per heavy atom. The number of ether oxygens (including phenoxy) is 1. The Bertz CT molecular complexity index is 966. The van der Waals surface area contributed by atoms with Gasteiger partial charge in [-0.05, 0) is 36.8 Å². The molecule has 0 radical (unpaired) electrons. The van der Waals surface area contributed by atoms with Crippen molar-refractivity contribution in [2.45, 2.75) is 18.6 Å². The standard InChI is InChI=1S/C22H25N5O2S/c1-17-2-8-20(9-3-17)27-16-23-25-22(27)30-15-21(28)24-19-6-4-18(5-7-19)14-26-10-12-29-13-11-26/h2-9,16H,10-15H2,1H3,(H,24,28). The normalized spacial score (nSPS) is 14.6. The van der Waals surface area contributed by atoms with Gasteiger partial charge in [-0.1, -0.05) is 41.6 Å². The number of rotatable bonds is 7. The van der Waals surface area contributed by atoms with Gasteiger partial charge in [0, 0.05) is 31.0 Å². The van der Waals surface area contributed by atoms with Crippen molar-refractivity contribution in [3.05, 3.63) is 66.0 Å². The number of amides is 1. The number of thioether (sulfide) groups is 1. The third-order valence-corrected chi connectivity index (χ3v) is 5.85. The number of nitrogens with one attached hydrogen (secondary N) is 1. The summed E-state index contributed by atoms with van der Waals surface area (Å²) in [6, 6.07) is 16.1. The second-order valence-electron chi connectivity index (χ2n) is 7.24. The molecule has 1 saturated heterocycles. The van der Waals surface area contributed by atoms with Gasteiger partial charge in [0.1, 0.15) is 6.33 Å². The maximum atomic E-state index is 12.4. The van der Waals surface area contributed by atoms with Crippen LogP contribution in [0.2, 0.25) is 0 Å². The molecule has 0 spiro atoms. The average Bonchev–Trinajstić information content (AvgIpc) is 3.24. The summed E-state index contributed by atoms with van der Waals surface area (Å²) in [7, 11) is 0. The SMILES string of the molecule is Cc1ccc(-n2cnnc2SCC(=O)Nc2ccc(CN3CCOCC3)cc2)cc1. The van der Waals surface area contributed by atoms with E-state index >= 15 is 0 Å². The first kappa shape index (κ1) is 20.6. The lowest BCUT2D eigenvalue weighted by molar-refractivity contribution is -0.113. The average molecular weight is 424 g/mol. The number of hydrogen-bond donors (Lipinski definition) is 1. The molecule has 8 heteroatoms. The van der Waals surface area contributed by atoms with Gasteiger partial charge in [0.25, 0.3) is 0 Å². The van der Waals surface area contributed by atoms with Gasteiger partial charge in [-0.2, -0.15) is 0 Å². The first-order valence-corrected chi connectivity index (χ1v) is 10.9. The number of carbonyl (C=O) groups excluding carboxylic acids is 1. The van der Waals surface area contributed by atoms with Gasteiger partial charge >= 0.3 is 0 Å². The van der Waals surface area contributed by atoms with Crippen molar-refractivity contribution in [2.24, 2.45) is 0 Å². The molecule has 0 bridgehead atoms. The van der Waals surface area contributed by atoms with E-state index in [2.05, 4.69) is 32.5 Å². The van der Waals surface area contributed by atoms with Gasteiger partial charge in [-0.15, -0.1) is 10.2 Å². The molecule has 1 aliphatic heterocycles. The summed E-state index contributed by atoms with van der Waals surface area (Å²) in [6.07, 6.45) is 1.66. The minimum Gasteiger partial charge on any atom is -0.379 e. The van der Waals surface area contributed by atoms with Crippen LogP contribution in [0, 0.1) is 6.92 Å². The Morgan fingerprint density at radius 2 is 1.83 bits per heavy atom. The summed E-state index contributed by atoms with van der Waals surface area (Å²) in [4.78, 5) is 14.8. The zero-order chi connectivity index (χ0) is 20.8. The largest absolute Gasteiger partial charge is 0.379 e. The van der Waals surface area contributed by atoms with E-state index in [4.69, 9.17) is 4.74 Å². The highest BCUT2D eigenvalue weighted by molar-refractivity contribution is 7.99. The molecule has 0 saturated carbocycles. The second kappa shape index (κ2) is 9.88. The van der Waals surface area contributed by atoms with E-state index in [1.807, 2.05) is 47.9 Å². The molecule has 2 aromatic carbocycles. The van der Waals surface area contributed by atoms with E-state index < -0.39 is 0 Å². The monoisotopic (exact) mass is 423 g/mol. The topological polar surface area (TPSA) is 72.3 Å². The molecule has 1 aromatic heterocycles. The van der Waals surface area contributed by atoms with Crippen LogP contribution in [0.15, 0.2) is 60.0 Å². The fourth-order valence-electron chi connectivity index (χ4n) is 3.24. The lowest BCUT2D eigenvalue weighted by Crippen LogP contribution is -2.35. The minimum absolute atomic E-state index is 0.0700. The number of morpholine rings is 1. The second-order valence-corrected chi connectivity index (χ2v) is 8.18. The van der Waals surface area contributed by atoms with Gasteiger partial charge in [0.05, 0.1) is 19.0 Å². The summed E-state index contributed by atoms with van der Waals surface area (Å²) in [5.74, 6) is 0.194. The number of carbonyl (C=O) groups is 1. The van der Waals surface area contributed by atoms with Crippen LogP contribution in [0.4, 0.5) is 5.69 Å². The van der Waals surface area contributed by atoms with Gasteiger partial charge in [0.2, 0.25) is 5.91 Å². The number of anilines is 1. The fourth-order valence-corrected chi connectivity index (χ4v) is 3.97.